The van der Waals surface area contributed by atoms with Crippen LogP contribution in [-0.2, 0) is 16.0 Å². The number of aryl methyl sites for hydroxylation is 1. The van der Waals surface area contributed by atoms with Crippen LogP contribution in [0.3, 0.4) is 0 Å². The molecule has 86 valence electrons. The zero-order valence-electron chi connectivity index (χ0n) is 9.06. The van der Waals surface area contributed by atoms with Crippen molar-refractivity contribution in [3.8, 4) is 0 Å². The Bertz CT molecular complexity index is 330. The first kappa shape index (κ1) is 12.8. The van der Waals surface area contributed by atoms with Gasteiger partial charge in [0.1, 0.15) is 6.61 Å². The summed E-state index contributed by atoms with van der Waals surface area (Å²) >= 11 is 5.79. The smallest absolute Gasteiger partial charge is 0.293 e. The van der Waals surface area contributed by atoms with E-state index in [1.807, 2.05) is 36.4 Å². The summed E-state index contributed by atoms with van der Waals surface area (Å²) in [4.78, 5) is 9.84. The third-order valence-corrected chi connectivity index (χ3v) is 2.43. The third-order valence-electron chi connectivity index (χ3n) is 2.18. The fourth-order valence-corrected chi connectivity index (χ4v) is 1.48. The van der Waals surface area contributed by atoms with Crippen molar-refractivity contribution in [2.45, 2.75) is 19.3 Å². The normalized spacial score (nSPS) is 10.6. The first-order chi connectivity index (χ1) is 7.83. The van der Waals surface area contributed by atoms with E-state index >= 15 is 0 Å². The molecule has 16 heavy (non-hydrogen) atoms. The van der Waals surface area contributed by atoms with Gasteiger partial charge in [-0.3, -0.25) is 4.79 Å². The summed E-state index contributed by atoms with van der Waals surface area (Å²) in [6.07, 6.45) is 7.00. The van der Waals surface area contributed by atoms with Gasteiger partial charge in [0, 0.05) is 5.02 Å². The Hall–Kier alpha value is -1.28. The summed E-state index contributed by atoms with van der Waals surface area (Å²) in [5.74, 6) is 0. The fourth-order valence-electron chi connectivity index (χ4n) is 1.36. The average Bonchev–Trinajstić information content (AvgIpc) is 2.30. The number of rotatable bonds is 7. The maximum atomic E-state index is 9.84. The maximum absolute atomic E-state index is 9.84. The van der Waals surface area contributed by atoms with Crippen LogP contribution in [0.15, 0.2) is 36.4 Å². The Labute approximate surface area is 101 Å². The van der Waals surface area contributed by atoms with Gasteiger partial charge < -0.3 is 4.74 Å². The summed E-state index contributed by atoms with van der Waals surface area (Å²) in [6, 6.07) is 7.90. The van der Waals surface area contributed by atoms with Crippen LogP contribution in [0.25, 0.3) is 0 Å². The topological polar surface area (TPSA) is 26.3 Å². The lowest BCUT2D eigenvalue weighted by atomic mass is 10.1. The predicted molar refractivity (Wildman–Crippen MR) is 65.5 cm³/mol. The number of unbranched alkanes of at least 4 members (excludes halogenated alkanes) is 1. The number of carbonyl (C=O) groups excluding carboxylic acids is 1. The molecule has 0 spiro atoms. The molecule has 1 aromatic carbocycles. The van der Waals surface area contributed by atoms with E-state index in [-0.39, 0.29) is 0 Å². The highest BCUT2D eigenvalue weighted by molar-refractivity contribution is 6.30. The lowest BCUT2D eigenvalue weighted by Crippen LogP contribution is -1.86. The van der Waals surface area contributed by atoms with Crippen molar-refractivity contribution in [2.24, 2.45) is 0 Å². The molecule has 0 aromatic heterocycles. The van der Waals surface area contributed by atoms with Crippen LogP contribution in [-0.4, -0.2) is 13.1 Å². The van der Waals surface area contributed by atoms with Crippen LogP contribution < -0.4 is 0 Å². The number of halogens is 1. The zero-order chi connectivity index (χ0) is 11.6. The molecule has 0 saturated heterocycles. The summed E-state index contributed by atoms with van der Waals surface area (Å²) in [5.41, 5.74) is 1.29. The Kier molecular flexibility index (Phi) is 6.35. The molecule has 0 aliphatic carbocycles. The van der Waals surface area contributed by atoms with E-state index in [2.05, 4.69) is 4.74 Å². The van der Waals surface area contributed by atoms with E-state index in [0.29, 0.717) is 13.1 Å². The summed E-state index contributed by atoms with van der Waals surface area (Å²) in [7, 11) is 0. The molecule has 0 saturated carbocycles. The van der Waals surface area contributed by atoms with Crippen LogP contribution in [0, 0.1) is 0 Å². The van der Waals surface area contributed by atoms with Gasteiger partial charge in [-0.25, -0.2) is 0 Å². The van der Waals surface area contributed by atoms with E-state index < -0.39 is 0 Å². The second-order valence-electron chi connectivity index (χ2n) is 3.42. The van der Waals surface area contributed by atoms with Crippen molar-refractivity contribution in [1.82, 2.24) is 0 Å². The van der Waals surface area contributed by atoms with E-state index in [9.17, 15) is 4.79 Å². The van der Waals surface area contributed by atoms with Gasteiger partial charge in [0.25, 0.3) is 6.47 Å². The molecule has 0 radical (unpaired) electrons. The van der Waals surface area contributed by atoms with E-state index in [0.717, 1.165) is 24.3 Å². The molecular weight excluding hydrogens is 224 g/mol. The van der Waals surface area contributed by atoms with Crippen molar-refractivity contribution >= 4 is 18.1 Å². The number of carbonyl (C=O) groups is 1. The van der Waals surface area contributed by atoms with Gasteiger partial charge in [0.05, 0.1) is 0 Å². The summed E-state index contributed by atoms with van der Waals surface area (Å²) in [5, 5.41) is 0.773. The molecule has 0 aliphatic rings. The molecule has 0 N–H and O–H groups in total. The van der Waals surface area contributed by atoms with E-state index in [1.54, 1.807) is 0 Å². The molecule has 2 nitrogen and oxygen atoms in total. The Morgan fingerprint density at radius 1 is 1.19 bits per heavy atom. The van der Waals surface area contributed by atoms with Crippen molar-refractivity contribution in [2.75, 3.05) is 6.61 Å². The molecule has 0 bridgehead atoms. The Morgan fingerprint density at radius 2 is 1.94 bits per heavy atom. The van der Waals surface area contributed by atoms with Crippen LogP contribution >= 0.6 is 11.6 Å². The van der Waals surface area contributed by atoms with Gasteiger partial charge in [-0.15, -0.1) is 0 Å². The first-order valence-corrected chi connectivity index (χ1v) is 5.65. The maximum Gasteiger partial charge on any atom is 0.293 e. The third kappa shape index (κ3) is 5.56. The van der Waals surface area contributed by atoms with Crippen molar-refractivity contribution in [3.63, 3.8) is 0 Å². The monoisotopic (exact) mass is 238 g/mol. The van der Waals surface area contributed by atoms with Gasteiger partial charge in [0.2, 0.25) is 0 Å². The highest BCUT2D eigenvalue weighted by Crippen LogP contribution is 2.11. The second-order valence-corrected chi connectivity index (χ2v) is 3.86. The second kappa shape index (κ2) is 7.94. The number of allylic oxidation sites excluding steroid dienone is 1. The number of hydrogen-bond donors (Lipinski definition) is 0. The van der Waals surface area contributed by atoms with Crippen molar-refractivity contribution in [3.05, 3.63) is 47.0 Å². The molecule has 0 heterocycles. The minimum Gasteiger partial charge on any atom is -0.464 e. The molecule has 0 fully saturated rings. The Morgan fingerprint density at radius 3 is 2.62 bits per heavy atom. The molecular formula is C13H15ClO2. The molecule has 0 atom stereocenters. The largest absolute Gasteiger partial charge is 0.464 e. The lowest BCUT2D eigenvalue weighted by Gasteiger charge is -1.99. The van der Waals surface area contributed by atoms with E-state index in [1.165, 1.54) is 5.56 Å². The van der Waals surface area contributed by atoms with Gasteiger partial charge in [-0.2, -0.15) is 0 Å². The molecule has 0 unspecified atom stereocenters. The van der Waals surface area contributed by atoms with Gasteiger partial charge in [-0.1, -0.05) is 35.9 Å². The number of hydrogen-bond acceptors (Lipinski definition) is 2. The number of ether oxygens (including phenoxy) is 1. The Balaban J connectivity index is 2.13. The van der Waals surface area contributed by atoms with Gasteiger partial charge in [-0.05, 0) is 37.0 Å². The van der Waals surface area contributed by atoms with Crippen LogP contribution in [0.5, 0.6) is 0 Å². The molecule has 0 amide bonds. The van der Waals surface area contributed by atoms with Gasteiger partial charge in [0.15, 0.2) is 0 Å². The SMILES string of the molecule is O=COC/C=C/CCCc1ccc(Cl)cc1. The standard InChI is InChI=1S/C13H15ClO2/c14-13-8-6-12(7-9-13)5-3-1-2-4-10-16-11-15/h2,4,6-9,11H,1,3,5,10H2/b4-2+. The fraction of sp³-hybridized carbons (Fsp3) is 0.308. The van der Waals surface area contributed by atoms with Crippen LogP contribution in [0.2, 0.25) is 5.02 Å². The first-order valence-electron chi connectivity index (χ1n) is 5.27. The highest BCUT2D eigenvalue weighted by atomic mass is 35.5. The number of benzene rings is 1. The summed E-state index contributed by atoms with van der Waals surface area (Å²) < 4.78 is 4.53. The molecule has 1 rings (SSSR count). The molecule has 0 aliphatic heterocycles. The minimum atomic E-state index is 0.366. The average molecular weight is 239 g/mol. The molecule has 1 aromatic rings. The van der Waals surface area contributed by atoms with Crippen LogP contribution in [0.4, 0.5) is 0 Å². The quantitative estimate of drug-likeness (QED) is 0.414. The van der Waals surface area contributed by atoms with E-state index in [4.69, 9.17) is 11.6 Å². The summed E-state index contributed by atoms with van der Waals surface area (Å²) in [6.45, 7) is 0.822. The highest BCUT2D eigenvalue weighted by Gasteiger charge is 1.92. The van der Waals surface area contributed by atoms with Crippen molar-refractivity contribution in [1.29, 1.82) is 0 Å². The van der Waals surface area contributed by atoms with Crippen molar-refractivity contribution < 1.29 is 9.53 Å². The molecule has 3 heteroatoms. The van der Waals surface area contributed by atoms with Gasteiger partial charge >= 0.3 is 0 Å². The van der Waals surface area contributed by atoms with Crippen LogP contribution in [0.1, 0.15) is 18.4 Å². The zero-order valence-corrected chi connectivity index (χ0v) is 9.82. The predicted octanol–water partition coefficient (Wildman–Crippen LogP) is 3.39. The lowest BCUT2D eigenvalue weighted by molar-refractivity contribution is -0.127. The minimum absolute atomic E-state index is 0.366.